The van der Waals surface area contributed by atoms with Gasteiger partial charge in [0.25, 0.3) is 5.91 Å². The van der Waals surface area contributed by atoms with Gasteiger partial charge in [-0.3, -0.25) is 4.79 Å². The quantitative estimate of drug-likeness (QED) is 0.327. The SMILES string of the molecule is Cc1cc(C)cc(N=C2NC(=O)/C(=C/c3ccc(OCc4ccc(Br)cc4)c(Br)c3)S2)c1. The van der Waals surface area contributed by atoms with Crippen molar-refractivity contribution in [3.8, 4) is 5.75 Å². The molecule has 0 radical (unpaired) electrons. The number of thioether (sulfide) groups is 1. The molecule has 1 aliphatic heterocycles. The lowest BCUT2D eigenvalue weighted by molar-refractivity contribution is -0.115. The van der Waals surface area contributed by atoms with Crippen LogP contribution in [-0.2, 0) is 11.4 Å². The van der Waals surface area contributed by atoms with E-state index in [-0.39, 0.29) is 5.91 Å². The molecule has 1 aliphatic rings. The summed E-state index contributed by atoms with van der Waals surface area (Å²) in [7, 11) is 0. The Balaban J connectivity index is 1.46. The number of benzene rings is 3. The average molecular weight is 572 g/mol. The van der Waals surface area contributed by atoms with E-state index in [0.29, 0.717) is 16.7 Å². The fraction of sp³-hybridized carbons (Fsp3) is 0.120. The molecule has 0 aliphatic carbocycles. The van der Waals surface area contributed by atoms with Crippen LogP contribution in [0.1, 0.15) is 22.3 Å². The van der Waals surface area contributed by atoms with Crippen molar-refractivity contribution in [2.45, 2.75) is 20.5 Å². The number of nitrogens with zero attached hydrogens (tertiary/aromatic N) is 1. The predicted octanol–water partition coefficient (Wildman–Crippen LogP) is 7.30. The molecule has 3 aromatic carbocycles. The van der Waals surface area contributed by atoms with Crippen LogP contribution in [0, 0.1) is 13.8 Å². The van der Waals surface area contributed by atoms with Gasteiger partial charge < -0.3 is 10.1 Å². The summed E-state index contributed by atoms with van der Waals surface area (Å²) in [6, 6.07) is 19.9. The number of hydrogen-bond donors (Lipinski definition) is 1. The van der Waals surface area contributed by atoms with Gasteiger partial charge in [-0.05, 0) is 106 Å². The van der Waals surface area contributed by atoms with E-state index in [9.17, 15) is 4.79 Å². The summed E-state index contributed by atoms with van der Waals surface area (Å²) in [6.45, 7) is 4.54. The van der Waals surface area contributed by atoms with Gasteiger partial charge in [-0.15, -0.1) is 0 Å². The first kappa shape index (κ1) is 22.8. The average Bonchev–Trinajstić information content (AvgIpc) is 3.06. The van der Waals surface area contributed by atoms with E-state index >= 15 is 0 Å². The molecule has 0 unspecified atom stereocenters. The molecule has 1 fully saturated rings. The maximum atomic E-state index is 12.4. The summed E-state index contributed by atoms with van der Waals surface area (Å²) < 4.78 is 7.79. The van der Waals surface area contributed by atoms with Crippen molar-refractivity contribution < 1.29 is 9.53 Å². The topological polar surface area (TPSA) is 50.7 Å². The van der Waals surface area contributed by atoms with Crippen molar-refractivity contribution in [3.05, 3.63) is 96.8 Å². The molecule has 7 heteroatoms. The third-order valence-electron chi connectivity index (χ3n) is 4.65. The normalized spacial score (nSPS) is 15.9. The van der Waals surface area contributed by atoms with Crippen molar-refractivity contribution in [1.29, 1.82) is 0 Å². The van der Waals surface area contributed by atoms with E-state index in [1.807, 2.05) is 74.5 Å². The van der Waals surface area contributed by atoms with Crippen LogP contribution in [0.25, 0.3) is 6.08 Å². The molecule has 4 rings (SSSR count). The van der Waals surface area contributed by atoms with Crippen LogP contribution >= 0.6 is 43.6 Å². The number of halogens is 2. The lowest BCUT2D eigenvalue weighted by atomic mass is 10.1. The molecule has 3 aromatic rings. The molecule has 0 atom stereocenters. The maximum absolute atomic E-state index is 12.4. The predicted molar refractivity (Wildman–Crippen MR) is 139 cm³/mol. The van der Waals surface area contributed by atoms with E-state index in [4.69, 9.17) is 4.74 Å². The Kier molecular flexibility index (Phi) is 7.18. The Labute approximate surface area is 208 Å². The molecule has 162 valence electrons. The monoisotopic (exact) mass is 570 g/mol. The Morgan fingerprint density at radius 1 is 1.00 bits per heavy atom. The Hall–Kier alpha value is -2.35. The number of ether oxygens (including phenoxy) is 1. The zero-order valence-corrected chi connectivity index (χ0v) is 21.5. The zero-order chi connectivity index (χ0) is 22.7. The van der Waals surface area contributed by atoms with Crippen LogP contribution in [0.4, 0.5) is 5.69 Å². The first-order valence-corrected chi connectivity index (χ1v) is 12.3. The summed E-state index contributed by atoms with van der Waals surface area (Å²) >= 11 is 8.35. The first-order chi connectivity index (χ1) is 15.4. The standard InChI is InChI=1S/C25H20Br2N2O2S/c1-15-9-16(2)11-20(10-15)28-25-29-24(30)23(32-25)13-18-5-8-22(21(27)12-18)31-14-17-3-6-19(26)7-4-17/h3-13H,14H2,1-2H3,(H,28,29,30)/b23-13-. The number of hydrogen-bond acceptors (Lipinski definition) is 4. The molecule has 1 saturated heterocycles. The second-order valence-electron chi connectivity index (χ2n) is 7.43. The van der Waals surface area contributed by atoms with Gasteiger partial charge in [-0.25, -0.2) is 4.99 Å². The van der Waals surface area contributed by atoms with Gasteiger partial charge in [-0.2, -0.15) is 0 Å². The Morgan fingerprint density at radius 2 is 1.72 bits per heavy atom. The summed E-state index contributed by atoms with van der Waals surface area (Å²) in [6.07, 6.45) is 1.85. The molecular weight excluding hydrogens is 552 g/mol. The summed E-state index contributed by atoms with van der Waals surface area (Å²) in [5, 5.41) is 3.43. The zero-order valence-electron chi connectivity index (χ0n) is 17.5. The smallest absolute Gasteiger partial charge is 0.264 e. The van der Waals surface area contributed by atoms with Gasteiger partial charge >= 0.3 is 0 Å². The summed E-state index contributed by atoms with van der Waals surface area (Å²) in [5.41, 5.74) is 5.10. The second-order valence-corrected chi connectivity index (χ2v) is 10.2. The third kappa shape index (κ3) is 5.91. The van der Waals surface area contributed by atoms with Crippen molar-refractivity contribution in [2.24, 2.45) is 4.99 Å². The van der Waals surface area contributed by atoms with Crippen molar-refractivity contribution in [2.75, 3.05) is 0 Å². The molecule has 1 N–H and O–H groups in total. The molecular formula is C25H20Br2N2O2S. The van der Waals surface area contributed by atoms with Crippen LogP contribution in [0.2, 0.25) is 0 Å². The lowest BCUT2D eigenvalue weighted by Crippen LogP contribution is -2.19. The summed E-state index contributed by atoms with van der Waals surface area (Å²) in [5.74, 6) is 0.598. The highest BCUT2D eigenvalue weighted by molar-refractivity contribution is 9.10. The van der Waals surface area contributed by atoms with Gasteiger partial charge in [0.2, 0.25) is 0 Å². The largest absolute Gasteiger partial charge is 0.488 e. The number of amides is 1. The van der Waals surface area contributed by atoms with E-state index in [0.717, 1.165) is 42.6 Å². The first-order valence-electron chi connectivity index (χ1n) is 9.90. The number of carbonyl (C=O) groups is 1. The van der Waals surface area contributed by atoms with Gasteiger partial charge in [0, 0.05) is 4.47 Å². The molecule has 0 spiro atoms. The van der Waals surface area contributed by atoms with E-state index in [2.05, 4.69) is 48.2 Å². The molecule has 0 saturated carbocycles. The van der Waals surface area contributed by atoms with Crippen LogP contribution in [-0.4, -0.2) is 11.1 Å². The lowest BCUT2D eigenvalue weighted by Gasteiger charge is -2.09. The fourth-order valence-electron chi connectivity index (χ4n) is 3.23. The number of rotatable bonds is 5. The maximum Gasteiger partial charge on any atom is 0.264 e. The van der Waals surface area contributed by atoms with Crippen molar-refractivity contribution in [1.82, 2.24) is 5.32 Å². The van der Waals surface area contributed by atoms with Gasteiger partial charge in [0.05, 0.1) is 15.1 Å². The number of aryl methyl sites for hydroxylation is 2. The van der Waals surface area contributed by atoms with Gasteiger partial charge in [0.15, 0.2) is 5.17 Å². The molecule has 0 aromatic heterocycles. The summed E-state index contributed by atoms with van der Waals surface area (Å²) in [4.78, 5) is 17.6. The Bertz CT molecular complexity index is 1220. The van der Waals surface area contributed by atoms with Crippen molar-refractivity contribution >= 4 is 66.5 Å². The van der Waals surface area contributed by atoms with E-state index in [1.54, 1.807) is 0 Å². The van der Waals surface area contributed by atoms with Gasteiger partial charge in [-0.1, -0.05) is 40.2 Å². The molecule has 4 nitrogen and oxygen atoms in total. The third-order valence-corrected chi connectivity index (χ3v) is 6.71. The minimum absolute atomic E-state index is 0.148. The van der Waals surface area contributed by atoms with Crippen LogP contribution < -0.4 is 10.1 Å². The highest BCUT2D eigenvalue weighted by Gasteiger charge is 2.24. The number of amidine groups is 1. The van der Waals surface area contributed by atoms with Crippen LogP contribution in [0.5, 0.6) is 5.75 Å². The van der Waals surface area contributed by atoms with Crippen LogP contribution in [0.3, 0.4) is 0 Å². The van der Waals surface area contributed by atoms with Crippen molar-refractivity contribution in [3.63, 3.8) is 0 Å². The minimum atomic E-state index is -0.148. The minimum Gasteiger partial charge on any atom is -0.488 e. The molecule has 1 heterocycles. The molecule has 32 heavy (non-hydrogen) atoms. The highest BCUT2D eigenvalue weighted by Crippen LogP contribution is 2.32. The number of aliphatic imine (C=N–C) groups is 1. The highest BCUT2D eigenvalue weighted by atomic mass is 79.9. The van der Waals surface area contributed by atoms with E-state index in [1.165, 1.54) is 11.8 Å². The second kappa shape index (κ2) is 10.1. The number of carbonyl (C=O) groups excluding carboxylic acids is 1. The fourth-order valence-corrected chi connectivity index (χ4v) is 4.85. The van der Waals surface area contributed by atoms with E-state index < -0.39 is 0 Å². The Morgan fingerprint density at radius 3 is 2.41 bits per heavy atom. The van der Waals surface area contributed by atoms with Crippen LogP contribution in [0.15, 0.2) is 79.5 Å². The molecule has 1 amide bonds. The molecule has 0 bridgehead atoms. The number of nitrogens with one attached hydrogen (secondary N) is 1. The van der Waals surface area contributed by atoms with Gasteiger partial charge in [0.1, 0.15) is 12.4 Å².